The van der Waals surface area contributed by atoms with Crippen molar-refractivity contribution >= 4 is 17.7 Å². The Morgan fingerprint density at radius 3 is 3.16 bits per heavy atom. The van der Waals surface area contributed by atoms with E-state index < -0.39 is 0 Å². The zero-order chi connectivity index (χ0) is 13.2. The first-order valence-electron chi connectivity index (χ1n) is 6.69. The van der Waals surface area contributed by atoms with Crippen LogP contribution in [0.2, 0.25) is 0 Å². The minimum atomic E-state index is 0.00301. The second-order valence-electron chi connectivity index (χ2n) is 5.20. The molecular formula is C12H19N5OS. The number of carbonyl (C=O) groups is 1. The van der Waals surface area contributed by atoms with Crippen LogP contribution in [0.3, 0.4) is 0 Å². The Kier molecular flexibility index (Phi) is 3.74. The van der Waals surface area contributed by atoms with E-state index in [2.05, 4.69) is 15.5 Å². The SMILES string of the molecule is Cn1cnnc1C1CCCN(C(=O)C2CSCN2)C1. The molecule has 2 fully saturated rings. The maximum absolute atomic E-state index is 12.4. The van der Waals surface area contributed by atoms with Gasteiger partial charge in [-0.05, 0) is 12.8 Å². The summed E-state index contributed by atoms with van der Waals surface area (Å²) in [6, 6.07) is 0.00301. The molecule has 1 aromatic rings. The summed E-state index contributed by atoms with van der Waals surface area (Å²) >= 11 is 1.79. The molecule has 7 heteroatoms. The summed E-state index contributed by atoms with van der Waals surface area (Å²) in [4.78, 5) is 14.4. The predicted octanol–water partition coefficient (Wildman–Crippen LogP) is 0.184. The summed E-state index contributed by atoms with van der Waals surface area (Å²) in [6.07, 6.45) is 3.86. The zero-order valence-corrected chi connectivity index (χ0v) is 11.9. The van der Waals surface area contributed by atoms with E-state index in [0.717, 1.165) is 43.4 Å². The maximum Gasteiger partial charge on any atom is 0.240 e. The standard InChI is InChI=1S/C12H19N5OS/c1-16-7-14-15-11(16)9-3-2-4-17(5-9)12(18)10-6-19-8-13-10/h7,9-10,13H,2-6,8H2,1H3. The molecule has 19 heavy (non-hydrogen) atoms. The zero-order valence-electron chi connectivity index (χ0n) is 11.1. The molecule has 2 atom stereocenters. The fraction of sp³-hybridized carbons (Fsp3) is 0.750. The lowest BCUT2D eigenvalue weighted by atomic mass is 9.96. The van der Waals surface area contributed by atoms with Crippen molar-refractivity contribution in [2.75, 3.05) is 24.7 Å². The van der Waals surface area contributed by atoms with E-state index in [1.54, 1.807) is 18.1 Å². The van der Waals surface area contributed by atoms with Crippen molar-refractivity contribution in [3.8, 4) is 0 Å². The van der Waals surface area contributed by atoms with Crippen molar-refractivity contribution in [3.63, 3.8) is 0 Å². The highest BCUT2D eigenvalue weighted by molar-refractivity contribution is 7.99. The number of piperidine rings is 1. The number of amides is 1. The third-order valence-corrected chi connectivity index (χ3v) is 4.80. The van der Waals surface area contributed by atoms with Crippen LogP contribution in [-0.2, 0) is 11.8 Å². The molecule has 3 rings (SSSR count). The smallest absolute Gasteiger partial charge is 0.240 e. The van der Waals surface area contributed by atoms with Crippen LogP contribution in [0.4, 0.5) is 0 Å². The Balaban J connectivity index is 1.68. The number of rotatable bonds is 2. The van der Waals surface area contributed by atoms with E-state index in [1.807, 2.05) is 16.5 Å². The van der Waals surface area contributed by atoms with E-state index >= 15 is 0 Å². The van der Waals surface area contributed by atoms with Crippen molar-refractivity contribution < 1.29 is 4.79 Å². The maximum atomic E-state index is 12.4. The van der Waals surface area contributed by atoms with E-state index in [9.17, 15) is 4.79 Å². The summed E-state index contributed by atoms with van der Waals surface area (Å²) in [7, 11) is 1.96. The van der Waals surface area contributed by atoms with Crippen molar-refractivity contribution in [1.29, 1.82) is 0 Å². The number of hydrogen-bond donors (Lipinski definition) is 1. The third-order valence-electron chi connectivity index (χ3n) is 3.86. The highest BCUT2D eigenvalue weighted by Crippen LogP contribution is 2.26. The number of hydrogen-bond acceptors (Lipinski definition) is 5. The number of likely N-dealkylation sites (tertiary alicyclic amines) is 1. The minimum Gasteiger partial charge on any atom is -0.341 e. The number of aryl methyl sites for hydroxylation is 1. The summed E-state index contributed by atoms with van der Waals surface area (Å²) < 4.78 is 1.96. The highest BCUT2D eigenvalue weighted by Gasteiger charge is 2.32. The Morgan fingerprint density at radius 2 is 2.47 bits per heavy atom. The first-order valence-corrected chi connectivity index (χ1v) is 7.85. The van der Waals surface area contributed by atoms with E-state index in [0.29, 0.717) is 5.92 Å². The van der Waals surface area contributed by atoms with Crippen molar-refractivity contribution in [3.05, 3.63) is 12.2 Å². The number of thioether (sulfide) groups is 1. The summed E-state index contributed by atoms with van der Waals surface area (Å²) in [5.74, 6) is 3.34. The van der Waals surface area contributed by atoms with Crippen LogP contribution in [0.25, 0.3) is 0 Å². The van der Waals surface area contributed by atoms with Gasteiger partial charge >= 0.3 is 0 Å². The molecule has 0 aromatic carbocycles. The lowest BCUT2D eigenvalue weighted by Gasteiger charge is -2.33. The molecule has 2 aliphatic heterocycles. The Bertz CT molecular complexity index is 457. The number of aromatic nitrogens is 3. The van der Waals surface area contributed by atoms with Gasteiger partial charge in [-0.1, -0.05) is 0 Å². The largest absolute Gasteiger partial charge is 0.341 e. The molecule has 104 valence electrons. The van der Waals surface area contributed by atoms with Gasteiger partial charge in [0.15, 0.2) is 0 Å². The van der Waals surface area contributed by atoms with Gasteiger partial charge in [0.25, 0.3) is 0 Å². The van der Waals surface area contributed by atoms with Gasteiger partial charge in [0.1, 0.15) is 12.2 Å². The third kappa shape index (κ3) is 2.62. The topological polar surface area (TPSA) is 63.1 Å². The van der Waals surface area contributed by atoms with Crippen LogP contribution in [0.15, 0.2) is 6.33 Å². The normalized spacial score (nSPS) is 27.7. The molecule has 0 saturated carbocycles. The first kappa shape index (κ1) is 12.9. The van der Waals surface area contributed by atoms with Gasteiger partial charge in [-0.25, -0.2) is 0 Å². The van der Waals surface area contributed by atoms with Crippen LogP contribution in [0.1, 0.15) is 24.6 Å². The molecule has 1 amide bonds. The van der Waals surface area contributed by atoms with E-state index in [4.69, 9.17) is 0 Å². The second kappa shape index (κ2) is 5.50. The lowest BCUT2D eigenvalue weighted by Crippen LogP contribution is -2.48. The molecule has 6 nitrogen and oxygen atoms in total. The Labute approximate surface area is 116 Å². The fourth-order valence-corrected chi connectivity index (χ4v) is 3.76. The average molecular weight is 281 g/mol. The van der Waals surface area contributed by atoms with Crippen LogP contribution >= 0.6 is 11.8 Å². The van der Waals surface area contributed by atoms with Gasteiger partial charge < -0.3 is 9.47 Å². The molecule has 0 radical (unpaired) electrons. The first-order chi connectivity index (χ1) is 9.25. The van der Waals surface area contributed by atoms with Gasteiger partial charge in [-0.2, -0.15) is 0 Å². The van der Waals surface area contributed by atoms with Crippen LogP contribution in [-0.4, -0.2) is 56.3 Å². The quantitative estimate of drug-likeness (QED) is 0.838. The number of nitrogens with one attached hydrogen (secondary N) is 1. The van der Waals surface area contributed by atoms with Gasteiger partial charge in [-0.15, -0.1) is 22.0 Å². The molecule has 1 aromatic heterocycles. The molecule has 0 spiro atoms. The molecular weight excluding hydrogens is 262 g/mol. The summed E-state index contributed by atoms with van der Waals surface area (Å²) in [5.41, 5.74) is 0. The minimum absolute atomic E-state index is 0.00301. The van der Waals surface area contributed by atoms with E-state index in [1.165, 1.54) is 0 Å². The van der Waals surface area contributed by atoms with Crippen molar-refractivity contribution in [2.45, 2.75) is 24.8 Å². The molecule has 3 heterocycles. The van der Waals surface area contributed by atoms with Crippen molar-refractivity contribution in [2.24, 2.45) is 7.05 Å². The Hall–Kier alpha value is -1.08. The van der Waals surface area contributed by atoms with Crippen LogP contribution in [0, 0.1) is 0 Å². The van der Waals surface area contributed by atoms with Gasteiger partial charge in [-0.3, -0.25) is 10.1 Å². The predicted molar refractivity (Wildman–Crippen MR) is 73.8 cm³/mol. The monoisotopic (exact) mass is 281 g/mol. The molecule has 2 saturated heterocycles. The lowest BCUT2D eigenvalue weighted by molar-refractivity contribution is -0.133. The van der Waals surface area contributed by atoms with Gasteiger partial charge in [0, 0.05) is 37.7 Å². The number of nitrogens with zero attached hydrogens (tertiary/aromatic N) is 4. The van der Waals surface area contributed by atoms with Gasteiger partial charge in [0.2, 0.25) is 5.91 Å². The number of carbonyl (C=O) groups excluding carboxylic acids is 1. The summed E-state index contributed by atoms with van der Waals surface area (Å²) in [6.45, 7) is 1.64. The summed E-state index contributed by atoms with van der Waals surface area (Å²) in [5, 5.41) is 11.4. The van der Waals surface area contributed by atoms with Crippen LogP contribution in [0.5, 0.6) is 0 Å². The van der Waals surface area contributed by atoms with Crippen molar-refractivity contribution in [1.82, 2.24) is 25.0 Å². The average Bonchev–Trinajstić information content (AvgIpc) is 3.09. The fourth-order valence-electron chi connectivity index (χ4n) is 2.82. The molecule has 0 bridgehead atoms. The molecule has 1 N–H and O–H groups in total. The molecule has 2 aliphatic rings. The molecule has 2 unspecified atom stereocenters. The highest BCUT2D eigenvalue weighted by atomic mass is 32.2. The van der Waals surface area contributed by atoms with E-state index in [-0.39, 0.29) is 11.9 Å². The molecule has 0 aliphatic carbocycles. The van der Waals surface area contributed by atoms with Gasteiger partial charge in [0.05, 0.1) is 6.04 Å². The van der Waals surface area contributed by atoms with Crippen LogP contribution < -0.4 is 5.32 Å². The second-order valence-corrected chi connectivity index (χ2v) is 6.23. The Morgan fingerprint density at radius 1 is 1.58 bits per heavy atom.